The van der Waals surface area contributed by atoms with Crippen LogP contribution in [0.2, 0.25) is 0 Å². The molecule has 1 fully saturated rings. The Bertz CT molecular complexity index is 938. The van der Waals surface area contributed by atoms with Crippen molar-refractivity contribution in [1.29, 1.82) is 0 Å². The van der Waals surface area contributed by atoms with Crippen LogP contribution in [0.1, 0.15) is 24.2 Å². The van der Waals surface area contributed by atoms with Gasteiger partial charge in [-0.25, -0.2) is 9.97 Å². The predicted octanol–water partition coefficient (Wildman–Crippen LogP) is 4.05. The summed E-state index contributed by atoms with van der Waals surface area (Å²) in [6, 6.07) is 14.0. The summed E-state index contributed by atoms with van der Waals surface area (Å²) < 4.78 is 5.28. The summed E-state index contributed by atoms with van der Waals surface area (Å²) in [4.78, 5) is 21.7. The number of furan rings is 1. The van der Waals surface area contributed by atoms with E-state index in [0.717, 1.165) is 32.4 Å². The van der Waals surface area contributed by atoms with Gasteiger partial charge in [-0.2, -0.15) is 0 Å². The van der Waals surface area contributed by atoms with Gasteiger partial charge in [0.15, 0.2) is 0 Å². The summed E-state index contributed by atoms with van der Waals surface area (Å²) in [6.45, 7) is 1.81. The van der Waals surface area contributed by atoms with Crippen LogP contribution in [-0.2, 0) is 13.0 Å². The van der Waals surface area contributed by atoms with Crippen LogP contribution in [0.25, 0.3) is 0 Å². The molecule has 29 heavy (non-hydrogen) atoms. The van der Waals surface area contributed by atoms with Crippen molar-refractivity contribution in [3.05, 3.63) is 76.5 Å². The number of nitrogens with one attached hydrogen (secondary N) is 1. The molecule has 4 rings (SSSR count). The van der Waals surface area contributed by atoms with Crippen molar-refractivity contribution in [1.82, 2.24) is 9.97 Å². The third-order valence-corrected chi connectivity index (χ3v) is 5.28. The molecule has 2 aromatic heterocycles. The molecule has 0 amide bonds. The zero-order valence-electron chi connectivity index (χ0n) is 16.0. The van der Waals surface area contributed by atoms with E-state index in [1.54, 1.807) is 18.4 Å². The highest BCUT2D eigenvalue weighted by Gasteiger charge is 2.29. The molecule has 1 saturated heterocycles. The van der Waals surface area contributed by atoms with Gasteiger partial charge in [-0.15, -0.1) is 0 Å². The quantitative estimate of drug-likeness (QED) is 0.478. The van der Waals surface area contributed by atoms with Crippen LogP contribution in [0.3, 0.4) is 0 Å². The molecule has 0 unspecified atom stereocenters. The number of hydrogen-bond donors (Lipinski definition) is 1. The van der Waals surface area contributed by atoms with E-state index < -0.39 is 4.92 Å². The molecule has 1 aliphatic rings. The zero-order valence-corrected chi connectivity index (χ0v) is 16.0. The minimum Gasteiger partial charge on any atom is -0.467 e. The van der Waals surface area contributed by atoms with Gasteiger partial charge in [0, 0.05) is 13.1 Å². The second-order valence-electron chi connectivity index (χ2n) is 7.20. The summed E-state index contributed by atoms with van der Waals surface area (Å²) in [5, 5.41) is 14.8. The van der Waals surface area contributed by atoms with Crippen LogP contribution in [0.4, 0.5) is 17.3 Å². The van der Waals surface area contributed by atoms with Crippen LogP contribution in [0, 0.1) is 16.0 Å². The first-order valence-electron chi connectivity index (χ1n) is 9.75. The smallest absolute Gasteiger partial charge is 0.353 e. The second-order valence-corrected chi connectivity index (χ2v) is 7.20. The van der Waals surface area contributed by atoms with E-state index in [1.165, 1.54) is 11.9 Å². The Labute approximate surface area is 168 Å². The van der Waals surface area contributed by atoms with Crippen molar-refractivity contribution in [3.8, 4) is 0 Å². The Morgan fingerprint density at radius 1 is 1.14 bits per heavy atom. The molecule has 0 radical (unpaired) electrons. The number of hydrogen-bond acceptors (Lipinski definition) is 7. The van der Waals surface area contributed by atoms with Crippen LogP contribution >= 0.6 is 0 Å². The van der Waals surface area contributed by atoms with Gasteiger partial charge >= 0.3 is 5.69 Å². The first kappa shape index (κ1) is 18.9. The van der Waals surface area contributed by atoms with Gasteiger partial charge in [0.25, 0.3) is 0 Å². The zero-order chi connectivity index (χ0) is 20.1. The Hall–Kier alpha value is -3.42. The number of piperidine rings is 1. The summed E-state index contributed by atoms with van der Waals surface area (Å²) in [5.74, 6) is 1.85. The molecule has 1 aromatic carbocycles. The summed E-state index contributed by atoms with van der Waals surface area (Å²) in [6.07, 6.45) is 5.94. The molecule has 8 nitrogen and oxygen atoms in total. The van der Waals surface area contributed by atoms with E-state index >= 15 is 0 Å². The average Bonchev–Trinajstić information content (AvgIpc) is 3.27. The van der Waals surface area contributed by atoms with Crippen molar-refractivity contribution in [3.63, 3.8) is 0 Å². The molecule has 0 spiro atoms. The Kier molecular flexibility index (Phi) is 5.69. The number of benzene rings is 1. The molecule has 1 aliphatic heterocycles. The van der Waals surface area contributed by atoms with Crippen LogP contribution in [0.5, 0.6) is 0 Å². The molecule has 8 heteroatoms. The van der Waals surface area contributed by atoms with Gasteiger partial charge in [-0.05, 0) is 42.9 Å². The summed E-state index contributed by atoms with van der Waals surface area (Å²) in [7, 11) is 0. The van der Waals surface area contributed by atoms with Crippen LogP contribution in [-0.4, -0.2) is 28.0 Å². The van der Waals surface area contributed by atoms with Crippen molar-refractivity contribution < 1.29 is 9.34 Å². The molecule has 0 saturated carbocycles. The summed E-state index contributed by atoms with van der Waals surface area (Å²) in [5.41, 5.74) is 1.25. The molecule has 0 atom stereocenters. The van der Waals surface area contributed by atoms with Gasteiger partial charge in [-0.3, -0.25) is 10.1 Å². The fourth-order valence-corrected chi connectivity index (χ4v) is 3.78. The lowest BCUT2D eigenvalue weighted by Crippen LogP contribution is -2.35. The van der Waals surface area contributed by atoms with Gasteiger partial charge in [0.2, 0.25) is 11.6 Å². The maximum atomic E-state index is 11.8. The molecule has 3 heterocycles. The Morgan fingerprint density at radius 2 is 1.93 bits per heavy atom. The number of anilines is 2. The molecular weight excluding hydrogens is 370 g/mol. The SMILES string of the molecule is O=[N+]([O-])c1c(NCc2ccco2)ncnc1N1CCC(Cc2ccccc2)CC1. The minimum atomic E-state index is -0.407. The van der Waals surface area contributed by atoms with Crippen LogP contribution in [0.15, 0.2) is 59.5 Å². The maximum absolute atomic E-state index is 11.8. The van der Waals surface area contributed by atoms with E-state index in [1.807, 2.05) is 11.0 Å². The first-order valence-corrected chi connectivity index (χ1v) is 9.75. The lowest BCUT2D eigenvalue weighted by Gasteiger charge is -2.32. The number of nitrogens with zero attached hydrogens (tertiary/aromatic N) is 4. The van der Waals surface area contributed by atoms with Gasteiger partial charge in [-0.1, -0.05) is 30.3 Å². The second kappa shape index (κ2) is 8.72. The van der Waals surface area contributed by atoms with E-state index in [9.17, 15) is 10.1 Å². The molecule has 1 N–H and O–H groups in total. The fourth-order valence-electron chi connectivity index (χ4n) is 3.78. The van der Waals surface area contributed by atoms with Crippen LogP contribution < -0.4 is 10.2 Å². The molecule has 0 bridgehead atoms. The van der Waals surface area contributed by atoms with Gasteiger partial charge < -0.3 is 14.6 Å². The van der Waals surface area contributed by atoms with E-state index in [4.69, 9.17) is 4.42 Å². The highest BCUT2D eigenvalue weighted by molar-refractivity contribution is 5.70. The van der Waals surface area contributed by atoms with Crippen molar-refractivity contribution in [2.75, 3.05) is 23.3 Å². The Morgan fingerprint density at radius 3 is 2.62 bits per heavy atom. The normalized spacial score (nSPS) is 14.7. The molecular formula is C21H23N5O3. The van der Waals surface area contributed by atoms with E-state index in [2.05, 4.69) is 39.6 Å². The largest absolute Gasteiger partial charge is 0.467 e. The highest BCUT2D eigenvalue weighted by Crippen LogP contribution is 2.34. The highest BCUT2D eigenvalue weighted by atomic mass is 16.6. The third-order valence-electron chi connectivity index (χ3n) is 5.28. The van der Waals surface area contributed by atoms with E-state index in [-0.39, 0.29) is 11.5 Å². The minimum absolute atomic E-state index is 0.0828. The standard InChI is InChI=1S/C21H23N5O3/c27-26(28)19-20(22-14-18-7-4-12-29-18)23-15-24-21(19)25-10-8-17(9-11-25)13-16-5-2-1-3-6-16/h1-7,12,15,17H,8-11,13-14H2,(H,22,23,24). The number of nitro groups is 1. The average molecular weight is 393 g/mol. The Balaban J connectivity index is 1.45. The fraction of sp³-hybridized carbons (Fsp3) is 0.333. The predicted molar refractivity (Wildman–Crippen MR) is 110 cm³/mol. The number of rotatable bonds is 7. The van der Waals surface area contributed by atoms with Crippen molar-refractivity contribution in [2.24, 2.45) is 5.92 Å². The number of aromatic nitrogens is 2. The topological polar surface area (TPSA) is 97.3 Å². The lowest BCUT2D eigenvalue weighted by molar-refractivity contribution is -0.383. The molecule has 150 valence electrons. The molecule has 0 aliphatic carbocycles. The maximum Gasteiger partial charge on any atom is 0.353 e. The van der Waals surface area contributed by atoms with Gasteiger partial charge in [0.05, 0.1) is 17.7 Å². The third kappa shape index (κ3) is 4.53. The van der Waals surface area contributed by atoms with E-state index in [0.29, 0.717) is 24.0 Å². The van der Waals surface area contributed by atoms with Gasteiger partial charge in [0.1, 0.15) is 12.1 Å². The monoisotopic (exact) mass is 393 g/mol. The summed E-state index contributed by atoms with van der Waals surface area (Å²) >= 11 is 0. The van der Waals surface area contributed by atoms with Crippen molar-refractivity contribution in [2.45, 2.75) is 25.8 Å². The van der Waals surface area contributed by atoms with Crippen molar-refractivity contribution >= 4 is 17.3 Å². The molecule has 3 aromatic rings. The lowest BCUT2D eigenvalue weighted by atomic mass is 9.90. The first-order chi connectivity index (χ1) is 14.2.